The minimum absolute atomic E-state index is 0.0534. The fourth-order valence-corrected chi connectivity index (χ4v) is 2.59. The molecule has 0 aliphatic heterocycles. The Kier molecular flexibility index (Phi) is 5.75. The van der Waals surface area contributed by atoms with Crippen LogP contribution in [0.5, 0.6) is 0 Å². The van der Waals surface area contributed by atoms with E-state index in [9.17, 15) is 8.42 Å². The molecule has 1 heterocycles. The molecule has 0 saturated heterocycles. The Hall–Kier alpha value is -0.940. The molecule has 1 rings (SSSR count). The number of hydrogen-bond acceptors (Lipinski definition) is 4. The fourth-order valence-electron chi connectivity index (χ4n) is 1.81. The van der Waals surface area contributed by atoms with E-state index in [1.807, 2.05) is 12.1 Å². The van der Waals surface area contributed by atoms with Gasteiger partial charge in [-0.25, -0.2) is 8.42 Å². The number of hydrogen-bond donors (Lipinski definition) is 1. The Morgan fingerprint density at radius 3 is 2.44 bits per heavy atom. The highest BCUT2D eigenvalue weighted by atomic mass is 32.2. The van der Waals surface area contributed by atoms with Crippen LogP contribution in [-0.2, 0) is 16.3 Å². The molecule has 2 unspecified atom stereocenters. The molecule has 0 bridgehead atoms. The van der Waals surface area contributed by atoms with Gasteiger partial charge in [0.25, 0.3) is 0 Å². The van der Waals surface area contributed by atoms with Crippen molar-refractivity contribution in [3.8, 4) is 0 Å². The zero-order valence-corrected chi connectivity index (χ0v) is 12.1. The van der Waals surface area contributed by atoms with Crippen molar-refractivity contribution in [3.05, 3.63) is 30.1 Å². The van der Waals surface area contributed by atoms with Crippen molar-refractivity contribution in [2.24, 2.45) is 0 Å². The number of sulfone groups is 1. The Bertz CT molecular complexity index is 445. The van der Waals surface area contributed by atoms with Crippen molar-refractivity contribution in [3.63, 3.8) is 0 Å². The third-order valence-corrected chi connectivity index (χ3v) is 4.78. The van der Waals surface area contributed by atoms with Crippen molar-refractivity contribution < 1.29 is 8.42 Å². The highest BCUT2D eigenvalue weighted by Crippen LogP contribution is 2.11. The summed E-state index contributed by atoms with van der Waals surface area (Å²) in [7, 11) is -3.03. The van der Waals surface area contributed by atoms with Crippen LogP contribution in [0.2, 0.25) is 0 Å². The molecular formula is C13H22N2O2S. The highest BCUT2D eigenvalue weighted by Gasteiger charge is 2.25. The van der Waals surface area contributed by atoms with Gasteiger partial charge in [-0.3, -0.25) is 4.98 Å². The van der Waals surface area contributed by atoms with Crippen molar-refractivity contribution in [1.82, 2.24) is 10.3 Å². The molecule has 1 N–H and O–H groups in total. The van der Waals surface area contributed by atoms with Gasteiger partial charge >= 0.3 is 0 Å². The Morgan fingerprint density at radius 2 is 1.94 bits per heavy atom. The largest absolute Gasteiger partial charge is 0.312 e. The standard InChI is InChI=1S/C13H22N2O2S/c1-4-7-15-13(11(2)18(3,16)17)10-12-5-8-14-9-6-12/h5-6,8-9,11,13,15H,4,7,10H2,1-3H3. The maximum absolute atomic E-state index is 11.7. The summed E-state index contributed by atoms with van der Waals surface area (Å²) < 4.78 is 23.3. The van der Waals surface area contributed by atoms with Gasteiger partial charge in [0, 0.05) is 24.7 Å². The van der Waals surface area contributed by atoms with Gasteiger partial charge in [-0.05, 0) is 44.0 Å². The second kappa shape index (κ2) is 6.85. The molecular weight excluding hydrogens is 248 g/mol. The van der Waals surface area contributed by atoms with Crippen LogP contribution in [-0.4, -0.2) is 37.5 Å². The van der Waals surface area contributed by atoms with E-state index in [2.05, 4.69) is 17.2 Å². The summed E-state index contributed by atoms with van der Waals surface area (Å²) in [6, 6.07) is 3.80. The van der Waals surface area contributed by atoms with E-state index in [0.29, 0.717) is 6.42 Å². The number of rotatable bonds is 7. The zero-order chi connectivity index (χ0) is 13.6. The molecule has 0 spiro atoms. The van der Waals surface area contributed by atoms with Crippen LogP contribution >= 0.6 is 0 Å². The van der Waals surface area contributed by atoms with Crippen molar-refractivity contribution in [2.45, 2.75) is 38.0 Å². The smallest absolute Gasteiger partial charge is 0.151 e. The lowest BCUT2D eigenvalue weighted by Gasteiger charge is -2.24. The third-order valence-electron chi connectivity index (χ3n) is 3.10. The lowest BCUT2D eigenvalue weighted by molar-refractivity contribution is 0.482. The summed E-state index contributed by atoms with van der Waals surface area (Å²) >= 11 is 0. The molecule has 102 valence electrons. The van der Waals surface area contributed by atoms with E-state index in [-0.39, 0.29) is 6.04 Å². The van der Waals surface area contributed by atoms with Gasteiger partial charge in [-0.2, -0.15) is 0 Å². The second-order valence-electron chi connectivity index (χ2n) is 4.65. The minimum atomic E-state index is -3.03. The monoisotopic (exact) mass is 270 g/mol. The molecule has 18 heavy (non-hydrogen) atoms. The molecule has 1 aromatic rings. The Morgan fingerprint density at radius 1 is 1.33 bits per heavy atom. The van der Waals surface area contributed by atoms with Gasteiger partial charge < -0.3 is 5.32 Å². The van der Waals surface area contributed by atoms with Gasteiger partial charge in [-0.1, -0.05) is 6.92 Å². The first kappa shape index (κ1) is 15.1. The summed E-state index contributed by atoms with van der Waals surface area (Å²) in [4.78, 5) is 3.97. The van der Waals surface area contributed by atoms with E-state index in [1.54, 1.807) is 19.3 Å². The van der Waals surface area contributed by atoms with Crippen molar-refractivity contribution >= 4 is 9.84 Å². The minimum Gasteiger partial charge on any atom is -0.312 e. The molecule has 4 nitrogen and oxygen atoms in total. The van der Waals surface area contributed by atoms with E-state index in [0.717, 1.165) is 18.5 Å². The number of aromatic nitrogens is 1. The number of pyridine rings is 1. The van der Waals surface area contributed by atoms with Gasteiger partial charge in [0.1, 0.15) is 0 Å². The molecule has 0 radical (unpaired) electrons. The fraction of sp³-hybridized carbons (Fsp3) is 0.615. The first-order chi connectivity index (χ1) is 8.45. The van der Waals surface area contributed by atoms with Gasteiger partial charge in [0.05, 0.1) is 5.25 Å². The summed E-state index contributed by atoms with van der Waals surface area (Å²) in [5, 5.41) is 2.93. The van der Waals surface area contributed by atoms with Crippen LogP contribution in [0.4, 0.5) is 0 Å². The SMILES string of the molecule is CCCNC(Cc1ccncc1)C(C)S(C)(=O)=O. The maximum Gasteiger partial charge on any atom is 0.151 e. The Balaban J connectivity index is 2.79. The van der Waals surface area contributed by atoms with Crippen molar-refractivity contribution in [1.29, 1.82) is 0 Å². The van der Waals surface area contributed by atoms with E-state index in [4.69, 9.17) is 0 Å². The third kappa shape index (κ3) is 4.74. The topological polar surface area (TPSA) is 59.1 Å². The Labute approximate surface area is 110 Å². The van der Waals surface area contributed by atoms with Crippen LogP contribution in [0.3, 0.4) is 0 Å². The summed E-state index contributed by atoms with van der Waals surface area (Å²) in [6.45, 7) is 4.67. The second-order valence-corrected chi connectivity index (χ2v) is 7.06. The van der Waals surface area contributed by atoms with E-state index in [1.165, 1.54) is 6.26 Å². The van der Waals surface area contributed by atoms with E-state index < -0.39 is 15.1 Å². The van der Waals surface area contributed by atoms with Crippen LogP contribution < -0.4 is 5.32 Å². The van der Waals surface area contributed by atoms with Gasteiger partial charge in [0.15, 0.2) is 9.84 Å². The van der Waals surface area contributed by atoms with Gasteiger partial charge in [0.2, 0.25) is 0 Å². The highest BCUT2D eigenvalue weighted by molar-refractivity contribution is 7.91. The first-order valence-electron chi connectivity index (χ1n) is 6.26. The quantitative estimate of drug-likeness (QED) is 0.814. The lowest BCUT2D eigenvalue weighted by atomic mass is 10.0. The molecule has 0 fully saturated rings. The molecule has 2 atom stereocenters. The first-order valence-corrected chi connectivity index (χ1v) is 8.21. The average molecular weight is 270 g/mol. The van der Waals surface area contributed by atoms with Crippen LogP contribution in [0.15, 0.2) is 24.5 Å². The summed E-state index contributed by atoms with van der Waals surface area (Å²) in [5.74, 6) is 0. The average Bonchev–Trinajstić information content (AvgIpc) is 2.33. The zero-order valence-electron chi connectivity index (χ0n) is 11.3. The molecule has 0 amide bonds. The molecule has 0 aliphatic carbocycles. The molecule has 5 heteroatoms. The van der Waals surface area contributed by atoms with Crippen molar-refractivity contribution in [2.75, 3.05) is 12.8 Å². The van der Waals surface area contributed by atoms with Gasteiger partial charge in [-0.15, -0.1) is 0 Å². The molecule has 0 saturated carbocycles. The molecule has 0 aliphatic rings. The molecule has 1 aromatic heterocycles. The van der Waals surface area contributed by atoms with Crippen LogP contribution in [0.1, 0.15) is 25.8 Å². The number of nitrogens with zero attached hydrogens (tertiary/aromatic N) is 1. The van der Waals surface area contributed by atoms with Crippen LogP contribution in [0, 0.1) is 0 Å². The maximum atomic E-state index is 11.7. The number of nitrogens with one attached hydrogen (secondary N) is 1. The lowest BCUT2D eigenvalue weighted by Crippen LogP contribution is -2.44. The summed E-state index contributed by atoms with van der Waals surface area (Å²) in [5.41, 5.74) is 1.11. The summed E-state index contributed by atoms with van der Waals surface area (Å²) in [6.07, 6.45) is 6.46. The molecule has 0 aromatic carbocycles. The predicted molar refractivity (Wildman–Crippen MR) is 74.3 cm³/mol. The van der Waals surface area contributed by atoms with Crippen LogP contribution in [0.25, 0.3) is 0 Å². The normalized spacial score (nSPS) is 15.3. The van der Waals surface area contributed by atoms with E-state index >= 15 is 0 Å². The predicted octanol–water partition coefficient (Wildman–Crippen LogP) is 1.43.